The summed E-state index contributed by atoms with van der Waals surface area (Å²) in [6, 6.07) is 7.95. The lowest BCUT2D eigenvalue weighted by Gasteiger charge is -2.32. The first-order chi connectivity index (χ1) is 11.9. The highest BCUT2D eigenvalue weighted by molar-refractivity contribution is 6.49. The van der Waals surface area contributed by atoms with E-state index in [2.05, 4.69) is 45.1 Å². The average Bonchev–Trinajstić information content (AvgIpc) is 3.21. The highest BCUT2D eigenvalue weighted by Crippen LogP contribution is 2.58. The number of nitrogens with one attached hydrogen (secondary N) is 1. The Morgan fingerprint density at radius 2 is 1.65 bits per heavy atom. The molecule has 2 atom stereocenters. The third-order valence-corrected chi connectivity index (χ3v) is 5.44. The highest BCUT2D eigenvalue weighted by Gasteiger charge is 2.59. The van der Waals surface area contributed by atoms with E-state index in [1.807, 2.05) is 32.9 Å². The lowest BCUT2D eigenvalue weighted by atomic mass is 9.79. The summed E-state index contributed by atoms with van der Waals surface area (Å²) in [5.41, 5.74) is 0.904. The maximum absolute atomic E-state index is 11.8. The first-order valence-corrected chi connectivity index (χ1v) is 9.34. The van der Waals surface area contributed by atoms with Gasteiger partial charge >= 0.3 is 13.2 Å². The van der Waals surface area contributed by atoms with Gasteiger partial charge in [-0.2, -0.15) is 0 Å². The molecule has 1 saturated heterocycles. The molecule has 1 aliphatic carbocycles. The largest absolute Gasteiger partial charge is 0.461 e. The number of anilines is 1. The van der Waals surface area contributed by atoms with Crippen LogP contribution < -0.4 is 5.32 Å². The van der Waals surface area contributed by atoms with Gasteiger partial charge in [0.25, 0.3) is 0 Å². The molecule has 142 valence electrons. The van der Waals surface area contributed by atoms with Crippen LogP contribution in [0.15, 0.2) is 24.3 Å². The van der Waals surface area contributed by atoms with Crippen LogP contribution in [0.25, 0.3) is 0 Å². The van der Waals surface area contributed by atoms with Crippen LogP contribution in [-0.2, 0) is 14.0 Å². The summed E-state index contributed by atoms with van der Waals surface area (Å²) in [6.45, 7) is 13.9. The first-order valence-electron chi connectivity index (χ1n) is 9.34. The van der Waals surface area contributed by atoms with Crippen molar-refractivity contribution in [2.24, 2.45) is 0 Å². The van der Waals surface area contributed by atoms with E-state index in [0.717, 1.165) is 12.1 Å². The third kappa shape index (κ3) is 4.07. The van der Waals surface area contributed by atoms with Gasteiger partial charge in [0.05, 0.1) is 11.2 Å². The molecule has 1 aliphatic heterocycles. The van der Waals surface area contributed by atoms with E-state index in [1.54, 1.807) is 0 Å². The second-order valence-corrected chi connectivity index (χ2v) is 9.38. The first kappa shape index (κ1) is 19.2. The van der Waals surface area contributed by atoms with Crippen LogP contribution in [0.3, 0.4) is 0 Å². The summed E-state index contributed by atoms with van der Waals surface area (Å²) in [5.74, 6) is 0.834. The molecule has 1 aromatic carbocycles. The predicted octanol–water partition coefficient (Wildman–Crippen LogP) is 4.98. The zero-order valence-corrected chi connectivity index (χ0v) is 16.9. The number of benzene rings is 1. The standard InChI is InChI=1S/C20H30BNO4/c1-18(2,3)24-17(23)22-14-10-8-13(9-11-14)15-12-16(15)21-25-19(4,5)20(6,7)26-21/h8-11,15-16H,12H2,1-7H3,(H,22,23)/t15-,16+/m0/s1. The fourth-order valence-corrected chi connectivity index (χ4v) is 3.20. The molecule has 3 rings (SSSR count). The summed E-state index contributed by atoms with van der Waals surface area (Å²) >= 11 is 0. The van der Waals surface area contributed by atoms with Gasteiger partial charge < -0.3 is 14.0 Å². The Balaban J connectivity index is 1.57. The fraction of sp³-hybridized carbons (Fsp3) is 0.650. The summed E-state index contributed by atoms with van der Waals surface area (Å²) in [5, 5.41) is 2.76. The Bertz CT molecular complexity index is 662. The van der Waals surface area contributed by atoms with Gasteiger partial charge in [0.2, 0.25) is 0 Å². The molecule has 1 saturated carbocycles. The molecular weight excluding hydrogens is 329 g/mol. The number of hydrogen-bond donors (Lipinski definition) is 1. The average molecular weight is 359 g/mol. The van der Waals surface area contributed by atoms with Crippen molar-refractivity contribution in [2.75, 3.05) is 5.32 Å². The predicted molar refractivity (Wildman–Crippen MR) is 103 cm³/mol. The minimum absolute atomic E-state index is 0.149. The Hall–Kier alpha value is -1.53. The number of rotatable bonds is 3. The molecule has 0 spiro atoms. The molecule has 1 N–H and O–H groups in total. The van der Waals surface area contributed by atoms with Crippen molar-refractivity contribution in [1.82, 2.24) is 0 Å². The summed E-state index contributed by atoms with van der Waals surface area (Å²) in [6.07, 6.45) is 0.627. The van der Waals surface area contributed by atoms with Gasteiger partial charge in [0, 0.05) is 11.5 Å². The van der Waals surface area contributed by atoms with Gasteiger partial charge in [-0.3, -0.25) is 5.32 Å². The monoisotopic (exact) mass is 359 g/mol. The third-order valence-electron chi connectivity index (χ3n) is 5.44. The smallest absolute Gasteiger partial charge is 0.444 e. The van der Waals surface area contributed by atoms with E-state index >= 15 is 0 Å². The molecule has 26 heavy (non-hydrogen) atoms. The quantitative estimate of drug-likeness (QED) is 0.773. The van der Waals surface area contributed by atoms with Gasteiger partial charge in [-0.05, 0) is 78.5 Å². The van der Waals surface area contributed by atoms with Gasteiger partial charge in [-0.1, -0.05) is 12.1 Å². The van der Waals surface area contributed by atoms with Crippen molar-refractivity contribution in [1.29, 1.82) is 0 Å². The van der Waals surface area contributed by atoms with Crippen LogP contribution in [0.5, 0.6) is 0 Å². The Labute approximate surface area is 156 Å². The number of amides is 1. The van der Waals surface area contributed by atoms with E-state index in [0.29, 0.717) is 11.7 Å². The minimum Gasteiger partial charge on any atom is -0.444 e. The Morgan fingerprint density at radius 1 is 1.12 bits per heavy atom. The van der Waals surface area contributed by atoms with Crippen LogP contribution >= 0.6 is 0 Å². The van der Waals surface area contributed by atoms with Crippen LogP contribution in [0.4, 0.5) is 10.5 Å². The molecule has 0 bridgehead atoms. The number of hydrogen-bond acceptors (Lipinski definition) is 4. The number of ether oxygens (including phenoxy) is 1. The van der Waals surface area contributed by atoms with Crippen LogP contribution in [0, 0.1) is 0 Å². The Kier molecular flexibility index (Phi) is 4.64. The molecule has 1 aromatic rings. The molecule has 2 aliphatic rings. The molecule has 5 nitrogen and oxygen atoms in total. The lowest BCUT2D eigenvalue weighted by molar-refractivity contribution is 0.00578. The molecule has 2 fully saturated rings. The van der Waals surface area contributed by atoms with E-state index < -0.39 is 11.7 Å². The zero-order valence-electron chi connectivity index (χ0n) is 16.9. The van der Waals surface area contributed by atoms with E-state index in [1.165, 1.54) is 5.56 Å². The molecule has 1 amide bonds. The van der Waals surface area contributed by atoms with E-state index in [9.17, 15) is 4.79 Å². The van der Waals surface area contributed by atoms with Crippen LogP contribution in [-0.4, -0.2) is 30.0 Å². The van der Waals surface area contributed by atoms with Gasteiger partial charge in [-0.15, -0.1) is 0 Å². The van der Waals surface area contributed by atoms with Crippen LogP contribution in [0.2, 0.25) is 5.82 Å². The van der Waals surface area contributed by atoms with Crippen molar-refractivity contribution in [3.05, 3.63) is 29.8 Å². The Morgan fingerprint density at radius 3 is 2.15 bits per heavy atom. The second kappa shape index (κ2) is 6.27. The van der Waals surface area contributed by atoms with Crippen molar-refractivity contribution in [3.63, 3.8) is 0 Å². The fourth-order valence-electron chi connectivity index (χ4n) is 3.20. The van der Waals surface area contributed by atoms with Crippen molar-refractivity contribution < 1.29 is 18.8 Å². The number of carbonyl (C=O) groups excluding carboxylic acids is 1. The molecule has 0 aromatic heterocycles. The minimum atomic E-state index is -0.506. The van der Waals surface area contributed by atoms with Gasteiger partial charge in [0.1, 0.15) is 5.60 Å². The topological polar surface area (TPSA) is 56.8 Å². The molecule has 0 unspecified atom stereocenters. The van der Waals surface area contributed by atoms with Crippen molar-refractivity contribution in [3.8, 4) is 0 Å². The van der Waals surface area contributed by atoms with Gasteiger partial charge in [-0.25, -0.2) is 4.79 Å². The lowest BCUT2D eigenvalue weighted by Crippen LogP contribution is -2.41. The van der Waals surface area contributed by atoms with E-state index in [4.69, 9.17) is 14.0 Å². The van der Waals surface area contributed by atoms with Crippen LogP contribution in [0.1, 0.15) is 66.4 Å². The van der Waals surface area contributed by atoms with Crippen molar-refractivity contribution >= 4 is 18.9 Å². The summed E-state index contributed by atoms with van der Waals surface area (Å²) in [4.78, 5) is 11.8. The molecule has 1 heterocycles. The maximum Gasteiger partial charge on any atom is 0.461 e. The highest BCUT2D eigenvalue weighted by atomic mass is 16.7. The molecule has 0 radical (unpaired) electrons. The maximum atomic E-state index is 11.8. The second-order valence-electron chi connectivity index (χ2n) is 9.38. The SMILES string of the molecule is CC(C)(C)OC(=O)Nc1ccc([C@@H]2C[C@H]2B2OC(C)(C)C(C)(C)O2)cc1. The number of carbonyl (C=O) groups is 1. The summed E-state index contributed by atoms with van der Waals surface area (Å²) < 4.78 is 17.6. The summed E-state index contributed by atoms with van der Waals surface area (Å²) in [7, 11) is -0.149. The van der Waals surface area contributed by atoms with Crippen molar-refractivity contribution in [2.45, 2.75) is 83.4 Å². The molecular formula is C20H30BNO4. The molecule has 6 heteroatoms. The normalized spacial score (nSPS) is 26.5. The zero-order chi connectivity index (χ0) is 19.3. The van der Waals surface area contributed by atoms with E-state index in [-0.39, 0.29) is 18.3 Å². The van der Waals surface area contributed by atoms with Gasteiger partial charge in [0.15, 0.2) is 0 Å².